The molecule has 0 aliphatic carbocycles. The van der Waals surface area contributed by atoms with Crippen LogP contribution in [-0.2, 0) is 6.61 Å². The summed E-state index contributed by atoms with van der Waals surface area (Å²) in [6, 6.07) is 21.0. The van der Waals surface area contributed by atoms with Crippen LogP contribution in [-0.4, -0.2) is 17.8 Å². The van der Waals surface area contributed by atoms with Gasteiger partial charge in [0.1, 0.15) is 6.61 Å². The van der Waals surface area contributed by atoms with Crippen molar-refractivity contribution in [3.8, 4) is 22.8 Å². The lowest BCUT2D eigenvalue weighted by molar-refractivity contribution is 0.269. The molecule has 3 aromatic carbocycles. The predicted molar refractivity (Wildman–Crippen MR) is 137 cm³/mol. The summed E-state index contributed by atoms with van der Waals surface area (Å²) in [7, 11) is 0. The zero-order valence-electron chi connectivity index (χ0n) is 17.8. The first-order valence-electron chi connectivity index (χ1n) is 10.3. The maximum absolute atomic E-state index is 6.24. The average molecular weight is 498 g/mol. The van der Waals surface area contributed by atoms with Gasteiger partial charge in [-0.2, -0.15) is 5.10 Å². The zero-order valence-corrected chi connectivity index (χ0v) is 20.1. The lowest BCUT2D eigenvalue weighted by Gasteiger charge is -2.13. The second kappa shape index (κ2) is 11.2. The van der Waals surface area contributed by atoms with E-state index < -0.39 is 0 Å². The summed E-state index contributed by atoms with van der Waals surface area (Å²) >= 11 is 13.7. The van der Waals surface area contributed by atoms with Crippen LogP contribution in [0.15, 0.2) is 77.2 Å². The molecule has 0 amide bonds. The van der Waals surface area contributed by atoms with Crippen LogP contribution in [0.2, 0.25) is 10.0 Å². The third-order valence-electron chi connectivity index (χ3n) is 4.61. The Hall–Kier alpha value is -3.06. The highest BCUT2D eigenvalue weighted by molar-refractivity contribution is 7.14. The number of ether oxygens (including phenoxy) is 2. The van der Waals surface area contributed by atoms with E-state index in [1.807, 2.05) is 66.9 Å². The van der Waals surface area contributed by atoms with Gasteiger partial charge in [-0.05, 0) is 42.8 Å². The molecule has 4 rings (SSSR count). The van der Waals surface area contributed by atoms with E-state index in [0.29, 0.717) is 34.8 Å². The average Bonchev–Trinajstić information content (AvgIpc) is 3.29. The minimum atomic E-state index is 0.304. The quantitative estimate of drug-likeness (QED) is 0.191. The molecular weight excluding hydrogens is 477 g/mol. The van der Waals surface area contributed by atoms with Gasteiger partial charge in [0.05, 0.1) is 18.5 Å². The van der Waals surface area contributed by atoms with E-state index in [1.54, 1.807) is 18.3 Å². The van der Waals surface area contributed by atoms with Crippen molar-refractivity contribution in [1.82, 2.24) is 4.98 Å². The molecule has 5 nitrogen and oxygen atoms in total. The van der Waals surface area contributed by atoms with Gasteiger partial charge in [0.15, 0.2) is 11.5 Å². The number of nitrogens with zero attached hydrogens (tertiary/aromatic N) is 2. The molecule has 1 N–H and O–H groups in total. The van der Waals surface area contributed by atoms with Crippen molar-refractivity contribution in [1.29, 1.82) is 0 Å². The number of hydrogen-bond acceptors (Lipinski definition) is 6. The van der Waals surface area contributed by atoms with E-state index in [-0.39, 0.29) is 0 Å². The molecule has 0 aliphatic heterocycles. The van der Waals surface area contributed by atoms with Gasteiger partial charge in [-0.3, -0.25) is 5.43 Å². The second-order valence-electron chi connectivity index (χ2n) is 6.94. The Bertz CT molecular complexity index is 1250. The Morgan fingerprint density at radius 1 is 1.00 bits per heavy atom. The Morgan fingerprint density at radius 2 is 1.85 bits per heavy atom. The third kappa shape index (κ3) is 6.26. The van der Waals surface area contributed by atoms with Crippen LogP contribution in [0.5, 0.6) is 11.5 Å². The molecule has 8 heteroatoms. The summed E-state index contributed by atoms with van der Waals surface area (Å²) in [5, 5.41) is 8.18. The van der Waals surface area contributed by atoms with Gasteiger partial charge in [0, 0.05) is 26.6 Å². The van der Waals surface area contributed by atoms with Crippen molar-refractivity contribution >= 4 is 45.9 Å². The summed E-state index contributed by atoms with van der Waals surface area (Å²) in [5.74, 6) is 1.26. The standard InChI is InChI=1S/C25H21Cl2N3O2S/c1-2-31-24-12-17(8-11-23(24)32-15-19-9-10-20(26)13-21(19)27)14-28-30-25-29-22(16-33-25)18-6-4-3-5-7-18/h3-14,16H,2,15H2,1H3,(H,29,30). The number of halogens is 2. The number of hydrazone groups is 1. The molecule has 4 aromatic rings. The number of hydrogen-bond donors (Lipinski definition) is 1. The number of rotatable bonds is 9. The van der Waals surface area contributed by atoms with Crippen molar-refractivity contribution in [2.75, 3.05) is 12.0 Å². The van der Waals surface area contributed by atoms with Crippen LogP contribution in [0.25, 0.3) is 11.3 Å². The van der Waals surface area contributed by atoms with Crippen molar-refractivity contribution in [2.45, 2.75) is 13.5 Å². The molecule has 1 aromatic heterocycles. The fourth-order valence-corrected chi connectivity index (χ4v) is 4.15. The first-order valence-corrected chi connectivity index (χ1v) is 11.9. The smallest absolute Gasteiger partial charge is 0.203 e. The molecule has 0 spiro atoms. The van der Waals surface area contributed by atoms with Crippen molar-refractivity contribution in [3.63, 3.8) is 0 Å². The fraction of sp³-hybridized carbons (Fsp3) is 0.120. The molecule has 0 saturated heterocycles. The van der Waals surface area contributed by atoms with E-state index in [2.05, 4.69) is 15.5 Å². The topological polar surface area (TPSA) is 55.7 Å². The Kier molecular flexibility index (Phi) is 7.83. The highest BCUT2D eigenvalue weighted by Crippen LogP contribution is 2.30. The Morgan fingerprint density at radius 3 is 2.64 bits per heavy atom. The van der Waals surface area contributed by atoms with E-state index in [9.17, 15) is 0 Å². The molecule has 0 fully saturated rings. The van der Waals surface area contributed by atoms with Crippen molar-refractivity contribution < 1.29 is 9.47 Å². The Balaban J connectivity index is 1.41. The summed E-state index contributed by atoms with van der Waals surface area (Å²) in [6.45, 7) is 2.74. The largest absolute Gasteiger partial charge is 0.490 e. The van der Waals surface area contributed by atoms with Gasteiger partial charge >= 0.3 is 0 Å². The van der Waals surface area contributed by atoms with E-state index >= 15 is 0 Å². The Labute approximate surface area is 206 Å². The number of benzene rings is 3. The summed E-state index contributed by atoms with van der Waals surface area (Å²) < 4.78 is 11.7. The number of nitrogens with one attached hydrogen (secondary N) is 1. The van der Waals surface area contributed by atoms with Crippen LogP contribution in [0, 0.1) is 0 Å². The monoisotopic (exact) mass is 497 g/mol. The molecule has 168 valence electrons. The van der Waals surface area contributed by atoms with Crippen LogP contribution in [0.3, 0.4) is 0 Å². The first-order chi connectivity index (χ1) is 16.1. The SMILES string of the molecule is CCOc1cc(C=NNc2nc(-c3ccccc3)cs2)ccc1OCc1ccc(Cl)cc1Cl. The highest BCUT2D eigenvalue weighted by Gasteiger charge is 2.09. The molecular formula is C25H21Cl2N3O2S. The van der Waals surface area contributed by atoms with Crippen LogP contribution >= 0.6 is 34.5 Å². The molecule has 0 atom stereocenters. The molecule has 0 radical (unpaired) electrons. The van der Waals surface area contributed by atoms with E-state index in [1.165, 1.54) is 11.3 Å². The molecule has 0 unspecified atom stereocenters. The van der Waals surface area contributed by atoms with Gasteiger partial charge in [0.25, 0.3) is 0 Å². The second-order valence-corrected chi connectivity index (χ2v) is 8.64. The van der Waals surface area contributed by atoms with Gasteiger partial charge in [-0.25, -0.2) is 4.98 Å². The third-order valence-corrected chi connectivity index (χ3v) is 5.95. The van der Waals surface area contributed by atoms with Gasteiger partial charge < -0.3 is 9.47 Å². The number of aromatic nitrogens is 1. The molecule has 0 aliphatic rings. The van der Waals surface area contributed by atoms with E-state index in [0.717, 1.165) is 27.5 Å². The van der Waals surface area contributed by atoms with E-state index in [4.69, 9.17) is 32.7 Å². The highest BCUT2D eigenvalue weighted by atomic mass is 35.5. The van der Waals surface area contributed by atoms with Crippen LogP contribution in [0.1, 0.15) is 18.1 Å². The maximum Gasteiger partial charge on any atom is 0.203 e. The molecule has 1 heterocycles. The molecule has 0 saturated carbocycles. The number of anilines is 1. The first kappa shape index (κ1) is 23.1. The minimum Gasteiger partial charge on any atom is -0.490 e. The fourth-order valence-electron chi connectivity index (χ4n) is 3.02. The van der Waals surface area contributed by atoms with Gasteiger partial charge in [0.2, 0.25) is 5.13 Å². The maximum atomic E-state index is 6.24. The summed E-state index contributed by atoms with van der Waals surface area (Å²) in [4.78, 5) is 4.57. The summed E-state index contributed by atoms with van der Waals surface area (Å²) in [5.41, 5.74) is 6.68. The minimum absolute atomic E-state index is 0.304. The molecule has 0 bridgehead atoms. The lowest BCUT2D eigenvalue weighted by atomic mass is 10.2. The summed E-state index contributed by atoms with van der Waals surface area (Å²) in [6.07, 6.45) is 1.71. The van der Waals surface area contributed by atoms with Crippen molar-refractivity contribution in [3.05, 3.63) is 93.3 Å². The predicted octanol–water partition coefficient (Wildman–Crippen LogP) is 7.54. The lowest BCUT2D eigenvalue weighted by Crippen LogP contribution is -2.01. The zero-order chi connectivity index (χ0) is 23.0. The normalized spacial score (nSPS) is 11.0. The van der Waals surface area contributed by atoms with Crippen molar-refractivity contribution in [2.24, 2.45) is 5.10 Å². The van der Waals surface area contributed by atoms with Crippen LogP contribution in [0.4, 0.5) is 5.13 Å². The van der Waals surface area contributed by atoms with Gasteiger partial charge in [-0.15, -0.1) is 11.3 Å². The number of thiazole rings is 1. The van der Waals surface area contributed by atoms with Gasteiger partial charge in [-0.1, -0.05) is 59.6 Å². The van der Waals surface area contributed by atoms with Crippen LogP contribution < -0.4 is 14.9 Å². The molecule has 33 heavy (non-hydrogen) atoms.